The molecule has 11 aromatic rings. The summed E-state index contributed by atoms with van der Waals surface area (Å²) in [7, 11) is 0. The van der Waals surface area contributed by atoms with Crippen LogP contribution in [0.25, 0.3) is 50.5 Å². The van der Waals surface area contributed by atoms with Gasteiger partial charge in [-0.15, -0.1) is 0 Å². The van der Waals surface area contributed by atoms with Gasteiger partial charge in [-0.2, -0.15) is 0 Å². The van der Waals surface area contributed by atoms with E-state index in [0.717, 1.165) is 46.2 Å². The molecule has 0 fully saturated rings. The van der Waals surface area contributed by atoms with Crippen LogP contribution >= 0.6 is 0 Å². The normalized spacial score (nSPS) is 13.6. The fraction of sp³-hybridized carbons (Fsp3) is 0.0588. The molecule has 0 N–H and O–H groups in total. The smallest absolute Gasteiger partial charge is 0.0640 e. The van der Waals surface area contributed by atoms with Crippen molar-refractivity contribution in [3.63, 3.8) is 0 Å². The van der Waals surface area contributed by atoms with Crippen LogP contribution in [0.3, 0.4) is 0 Å². The summed E-state index contributed by atoms with van der Waals surface area (Å²) in [6.07, 6.45) is 3.38. The number of hydrogen-bond acceptors (Lipinski definition) is 3. The molecule has 4 heteroatoms. The molecule has 0 amide bonds. The summed E-state index contributed by atoms with van der Waals surface area (Å²) >= 11 is 0. The van der Waals surface area contributed by atoms with E-state index >= 15 is 0 Å². The van der Waals surface area contributed by atoms with Gasteiger partial charge in [0.15, 0.2) is 0 Å². The zero-order chi connectivity index (χ0) is 48.1. The summed E-state index contributed by atoms with van der Waals surface area (Å²) in [4.78, 5) is 7.22. The first-order chi connectivity index (χ1) is 35.5. The predicted molar refractivity (Wildman–Crippen MR) is 303 cm³/mol. The largest absolute Gasteiger partial charge is 0.333 e. The lowest BCUT2D eigenvalue weighted by molar-refractivity contribution is 0.807. The van der Waals surface area contributed by atoms with E-state index in [9.17, 15) is 0 Å². The quantitative estimate of drug-likeness (QED) is 0.136. The molecule has 4 nitrogen and oxygen atoms in total. The maximum atomic E-state index is 2.57. The maximum Gasteiger partial charge on any atom is 0.0640 e. The van der Waals surface area contributed by atoms with Crippen LogP contribution in [-0.2, 0) is 6.42 Å². The van der Waals surface area contributed by atoms with Crippen molar-refractivity contribution in [3.8, 4) is 27.9 Å². The monoisotopic (exact) mass is 924 g/mol. The Morgan fingerprint density at radius 3 is 1.38 bits per heavy atom. The standard InChI is InChI=1S/C68H52N4/c1-47-15-13-21-59(43-47)69(53-17-5-3-6-18-53)55-35-27-49(28-36-55)51-31-39-57(40-32-51)71-65-25-11-9-23-61(65)63-46-68-64(45-67(63)71)62-24-10-12-26-66(62)72(68)58-41-33-52(34-42-58)50-29-37-56(38-30-50)70(54-19-7-4-8-20-54)60-22-14-16-48(2)44-60/h3-45,68H,46H2,1-2H3. The van der Waals surface area contributed by atoms with Gasteiger partial charge in [0.25, 0.3) is 0 Å². The number of benzene rings is 10. The van der Waals surface area contributed by atoms with Crippen LogP contribution < -0.4 is 14.7 Å². The second-order valence-electron chi connectivity index (χ2n) is 19.1. The van der Waals surface area contributed by atoms with E-state index in [-0.39, 0.29) is 6.04 Å². The average Bonchev–Trinajstić information content (AvgIpc) is 3.93. The summed E-state index contributed by atoms with van der Waals surface area (Å²) in [5.41, 5.74) is 24.2. The van der Waals surface area contributed by atoms with Crippen molar-refractivity contribution in [3.05, 3.63) is 283 Å². The minimum absolute atomic E-state index is 0.166. The fourth-order valence-electron chi connectivity index (χ4n) is 11.2. The van der Waals surface area contributed by atoms with Crippen LogP contribution in [0.2, 0.25) is 0 Å². The highest BCUT2D eigenvalue weighted by Gasteiger charge is 2.39. The van der Waals surface area contributed by atoms with Gasteiger partial charge in [-0.1, -0.05) is 146 Å². The molecule has 1 unspecified atom stereocenters. The van der Waals surface area contributed by atoms with E-state index in [0.29, 0.717) is 0 Å². The zero-order valence-corrected chi connectivity index (χ0v) is 40.4. The van der Waals surface area contributed by atoms with Gasteiger partial charge in [0.1, 0.15) is 0 Å². The van der Waals surface area contributed by atoms with Crippen LogP contribution in [0.4, 0.5) is 45.5 Å². The van der Waals surface area contributed by atoms with Crippen molar-refractivity contribution in [2.45, 2.75) is 26.3 Å². The SMILES string of the molecule is Cc1cccc(N(c2ccccc2)c2ccc(-c3ccc(N4c5ccccc5C5=Cc6c(c7ccccc7n6-c6ccc(-c7ccc(N(c8ccccc8)c8cccc(C)c8)cc7)cc6)CC54)cc3)cc2)c1. The minimum Gasteiger partial charge on any atom is -0.333 e. The molecular weight excluding hydrogens is 873 g/mol. The Balaban J connectivity index is 0.797. The summed E-state index contributed by atoms with van der Waals surface area (Å²) in [5, 5.41) is 1.31. The Morgan fingerprint density at radius 2 is 0.833 bits per heavy atom. The average molecular weight is 925 g/mol. The van der Waals surface area contributed by atoms with Crippen LogP contribution in [0, 0.1) is 13.8 Å². The van der Waals surface area contributed by atoms with E-state index in [1.54, 1.807) is 0 Å². The molecule has 72 heavy (non-hydrogen) atoms. The second kappa shape index (κ2) is 18.0. The molecule has 13 rings (SSSR count). The van der Waals surface area contributed by atoms with Crippen molar-refractivity contribution < 1.29 is 0 Å². The Hall–Kier alpha value is -9.12. The Bertz CT molecular complexity index is 3780. The number of nitrogens with zero attached hydrogens (tertiary/aromatic N) is 4. The number of fused-ring (bicyclic) bond motifs is 6. The summed E-state index contributed by atoms with van der Waals surface area (Å²) in [6, 6.07) is 92.9. The second-order valence-corrected chi connectivity index (χ2v) is 19.1. The van der Waals surface area contributed by atoms with E-state index in [1.807, 2.05) is 0 Å². The molecule has 0 saturated heterocycles. The van der Waals surface area contributed by atoms with Gasteiger partial charge in [-0.25, -0.2) is 0 Å². The molecule has 0 saturated carbocycles. The third-order valence-corrected chi connectivity index (χ3v) is 14.6. The first kappa shape index (κ1) is 42.9. The number of aryl methyl sites for hydroxylation is 2. The van der Waals surface area contributed by atoms with Crippen molar-refractivity contribution in [1.29, 1.82) is 0 Å². The van der Waals surface area contributed by atoms with E-state index in [2.05, 4.69) is 294 Å². The summed E-state index contributed by atoms with van der Waals surface area (Å²) in [5.74, 6) is 0. The van der Waals surface area contributed by atoms with Gasteiger partial charge < -0.3 is 19.3 Å². The third kappa shape index (κ3) is 7.65. The lowest BCUT2D eigenvalue weighted by Gasteiger charge is -2.30. The number of aromatic nitrogens is 1. The van der Waals surface area contributed by atoms with Crippen molar-refractivity contribution in [2.24, 2.45) is 0 Å². The van der Waals surface area contributed by atoms with Crippen molar-refractivity contribution >= 4 is 68.1 Å². The van der Waals surface area contributed by atoms with E-state index in [1.165, 1.54) is 78.1 Å². The number of hydrogen-bond donors (Lipinski definition) is 0. The van der Waals surface area contributed by atoms with Gasteiger partial charge >= 0.3 is 0 Å². The molecule has 1 aliphatic heterocycles. The van der Waals surface area contributed by atoms with Gasteiger partial charge in [0.05, 0.1) is 17.3 Å². The molecular formula is C68H52N4. The van der Waals surface area contributed by atoms with Crippen LogP contribution in [0.1, 0.15) is 27.9 Å². The number of rotatable bonds is 10. The molecule has 344 valence electrons. The van der Waals surface area contributed by atoms with Gasteiger partial charge in [0, 0.05) is 68.6 Å². The maximum absolute atomic E-state index is 2.57. The summed E-state index contributed by atoms with van der Waals surface area (Å²) < 4.78 is 2.48. The highest BCUT2D eigenvalue weighted by atomic mass is 15.2. The molecule has 0 bridgehead atoms. The Labute approximate surface area is 422 Å². The molecule has 1 aliphatic carbocycles. The molecule has 1 atom stereocenters. The third-order valence-electron chi connectivity index (χ3n) is 14.6. The molecule has 2 heterocycles. The molecule has 1 aromatic heterocycles. The fourth-order valence-corrected chi connectivity index (χ4v) is 11.2. The molecule has 0 spiro atoms. The lowest BCUT2D eigenvalue weighted by atomic mass is 9.89. The van der Waals surface area contributed by atoms with Gasteiger partial charge in [-0.3, -0.25) is 0 Å². The Kier molecular flexibility index (Phi) is 10.7. The van der Waals surface area contributed by atoms with Crippen LogP contribution in [-0.4, -0.2) is 10.6 Å². The first-order valence-corrected chi connectivity index (χ1v) is 25.0. The van der Waals surface area contributed by atoms with Crippen molar-refractivity contribution in [1.82, 2.24) is 4.57 Å². The van der Waals surface area contributed by atoms with E-state index in [4.69, 9.17) is 0 Å². The molecule has 2 aliphatic rings. The Morgan fingerprint density at radius 1 is 0.389 bits per heavy atom. The van der Waals surface area contributed by atoms with Crippen LogP contribution in [0.15, 0.2) is 255 Å². The zero-order valence-electron chi connectivity index (χ0n) is 40.4. The summed E-state index contributed by atoms with van der Waals surface area (Å²) in [6.45, 7) is 4.30. The molecule has 0 radical (unpaired) electrons. The van der Waals surface area contributed by atoms with Crippen molar-refractivity contribution in [2.75, 3.05) is 14.7 Å². The minimum atomic E-state index is 0.166. The predicted octanol–water partition coefficient (Wildman–Crippen LogP) is 18.1. The number of anilines is 8. The first-order valence-electron chi connectivity index (χ1n) is 25.0. The lowest BCUT2D eigenvalue weighted by Crippen LogP contribution is -2.30. The number of para-hydroxylation sites is 4. The highest BCUT2D eigenvalue weighted by Crippen LogP contribution is 2.51. The van der Waals surface area contributed by atoms with Gasteiger partial charge in [-0.05, 0) is 174 Å². The molecule has 10 aromatic carbocycles. The van der Waals surface area contributed by atoms with Gasteiger partial charge in [0.2, 0.25) is 0 Å². The topological polar surface area (TPSA) is 14.7 Å². The van der Waals surface area contributed by atoms with E-state index < -0.39 is 0 Å². The highest BCUT2D eigenvalue weighted by molar-refractivity contribution is 6.04. The van der Waals surface area contributed by atoms with Crippen LogP contribution in [0.5, 0.6) is 0 Å².